The van der Waals surface area contributed by atoms with Crippen molar-refractivity contribution in [1.82, 2.24) is 29.3 Å². The van der Waals surface area contributed by atoms with E-state index >= 15 is 0 Å². The van der Waals surface area contributed by atoms with E-state index in [9.17, 15) is 4.79 Å². The van der Waals surface area contributed by atoms with Gasteiger partial charge >= 0.3 is 0 Å². The molecule has 0 aromatic carbocycles. The van der Waals surface area contributed by atoms with Crippen molar-refractivity contribution in [3.8, 4) is 5.82 Å². The van der Waals surface area contributed by atoms with E-state index in [-0.39, 0.29) is 5.56 Å². The molecule has 29 heavy (non-hydrogen) atoms. The first-order valence-corrected chi connectivity index (χ1v) is 9.86. The van der Waals surface area contributed by atoms with Gasteiger partial charge in [-0.05, 0) is 19.9 Å². The summed E-state index contributed by atoms with van der Waals surface area (Å²) in [6.07, 6.45) is 3.21. The van der Waals surface area contributed by atoms with Crippen molar-refractivity contribution in [1.29, 1.82) is 0 Å². The van der Waals surface area contributed by atoms with Gasteiger partial charge in [-0.3, -0.25) is 4.79 Å². The van der Waals surface area contributed by atoms with E-state index in [1.54, 1.807) is 25.8 Å². The second kappa shape index (κ2) is 6.68. The van der Waals surface area contributed by atoms with Crippen molar-refractivity contribution in [3.05, 3.63) is 52.6 Å². The Morgan fingerprint density at radius 3 is 2.07 bits per heavy atom. The summed E-state index contributed by atoms with van der Waals surface area (Å²) in [6.45, 7) is 7.73. The van der Waals surface area contributed by atoms with Gasteiger partial charge in [0.25, 0.3) is 5.56 Å². The average Bonchev–Trinajstić information content (AvgIpc) is 3.37. The number of rotatable bonds is 3. The number of nitrogens with zero attached hydrogens (tertiary/aromatic N) is 8. The summed E-state index contributed by atoms with van der Waals surface area (Å²) in [6, 6.07) is 5.69. The van der Waals surface area contributed by atoms with Crippen molar-refractivity contribution in [2.75, 3.05) is 36.0 Å². The van der Waals surface area contributed by atoms with Crippen LogP contribution in [-0.2, 0) is 7.05 Å². The van der Waals surface area contributed by atoms with Gasteiger partial charge in [-0.2, -0.15) is 5.10 Å². The van der Waals surface area contributed by atoms with Crippen LogP contribution in [0.3, 0.4) is 0 Å². The first-order chi connectivity index (χ1) is 14.0. The number of hydrogen-bond donors (Lipinski definition) is 0. The number of aryl methyl sites for hydroxylation is 3. The Morgan fingerprint density at radius 1 is 0.862 bits per heavy atom. The maximum Gasteiger partial charge on any atom is 0.255 e. The summed E-state index contributed by atoms with van der Waals surface area (Å²) in [5, 5.41) is 4.53. The lowest BCUT2D eigenvalue weighted by molar-refractivity contribution is 0.533. The van der Waals surface area contributed by atoms with E-state index in [1.807, 2.05) is 30.7 Å². The molecule has 0 bridgehead atoms. The summed E-state index contributed by atoms with van der Waals surface area (Å²) < 4.78 is 3.36. The Balaban J connectivity index is 1.32. The molecule has 9 nitrogen and oxygen atoms in total. The minimum Gasteiger partial charge on any atom is -0.356 e. The molecule has 3 aromatic heterocycles. The van der Waals surface area contributed by atoms with Gasteiger partial charge in [0.05, 0.1) is 12.0 Å². The molecule has 5 heterocycles. The summed E-state index contributed by atoms with van der Waals surface area (Å²) >= 11 is 0. The minimum absolute atomic E-state index is 0.0219. The lowest BCUT2D eigenvalue weighted by atomic mass is 10.0. The Labute approximate surface area is 168 Å². The van der Waals surface area contributed by atoms with E-state index < -0.39 is 0 Å². The molecular formula is C20H24N8O. The molecule has 0 N–H and O–H groups in total. The molecule has 0 spiro atoms. The summed E-state index contributed by atoms with van der Waals surface area (Å²) in [5.41, 5.74) is 2.01. The van der Waals surface area contributed by atoms with E-state index in [4.69, 9.17) is 0 Å². The Kier molecular flexibility index (Phi) is 4.11. The maximum absolute atomic E-state index is 11.9. The van der Waals surface area contributed by atoms with Crippen LogP contribution in [0.15, 0.2) is 35.6 Å². The van der Waals surface area contributed by atoms with Gasteiger partial charge < -0.3 is 14.4 Å². The average molecular weight is 392 g/mol. The second-order valence-electron chi connectivity index (χ2n) is 8.10. The third kappa shape index (κ3) is 3.16. The van der Waals surface area contributed by atoms with Crippen LogP contribution in [0, 0.1) is 25.7 Å². The number of hydrogen-bond acceptors (Lipinski definition) is 7. The molecule has 0 radical (unpaired) electrons. The van der Waals surface area contributed by atoms with Gasteiger partial charge in [-0.1, -0.05) is 0 Å². The van der Waals surface area contributed by atoms with Gasteiger partial charge in [0.2, 0.25) is 0 Å². The smallest absolute Gasteiger partial charge is 0.255 e. The molecule has 150 valence electrons. The highest BCUT2D eigenvalue weighted by molar-refractivity contribution is 5.47. The monoisotopic (exact) mass is 392 g/mol. The number of aromatic nitrogens is 6. The molecule has 2 unspecified atom stereocenters. The van der Waals surface area contributed by atoms with E-state index in [2.05, 4.69) is 29.9 Å². The summed E-state index contributed by atoms with van der Waals surface area (Å²) in [4.78, 5) is 29.8. The molecular weight excluding hydrogens is 368 g/mol. The lowest BCUT2D eigenvalue weighted by Gasteiger charge is -2.23. The normalized spacial score (nSPS) is 21.1. The van der Waals surface area contributed by atoms with Gasteiger partial charge in [0.15, 0.2) is 5.82 Å². The maximum atomic E-state index is 11.9. The van der Waals surface area contributed by atoms with Crippen molar-refractivity contribution < 1.29 is 0 Å². The fourth-order valence-electron chi connectivity index (χ4n) is 4.48. The number of anilines is 2. The fourth-order valence-corrected chi connectivity index (χ4v) is 4.48. The molecule has 2 aliphatic heterocycles. The quantitative estimate of drug-likeness (QED) is 0.656. The molecule has 3 aromatic rings. The van der Waals surface area contributed by atoms with Crippen molar-refractivity contribution >= 4 is 11.6 Å². The highest BCUT2D eigenvalue weighted by atomic mass is 16.1. The van der Waals surface area contributed by atoms with E-state index in [1.165, 1.54) is 4.57 Å². The molecule has 0 aliphatic carbocycles. The summed E-state index contributed by atoms with van der Waals surface area (Å²) in [7, 11) is 1.72. The zero-order valence-electron chi connectivity index (χ0n) is 16.9. The predicted octanol–water partition coefficient (Wildman–Crippen LogP) is 0.945. The topological polar surface area (TPSA) is 85.0 Å². The largest absolute Gasteiger partial charge is 0.356 e. The van der Waals surface area contributed by atoms with Crippen LogP contribution in [0.5, 0.6) is 0 Å². The first-order valence-electron chi connectivity index (χ1n) is 9.86. The minimum atomic E-state index is -0.0219. The molecule has 2 aliphatic rings. The fraction of sp³-hybridized carbons (Fsp3) is 0.450. The van der Waals surface area contributed by atoms with Crippen molar-refractivity contribution in [2.24, 2.45) is 18.9 Å². The van der Waals surface area contributed by atoms with E-state index in [0.717, 1.165) is 55.0 Å². The van der Waals surface area contributed by atoms with Crippen LogP contribution in [0.2, 0.25) is 0 Å². The molecule has 2 atom stereocenters. The van der Waals surface area contributed by atoms with Crippen LogP contribution in [0.25, 0.3) is 5.82 Å². The standard InChI is InChI=1S/C20H24N8O/c1-13-4-14(2)28(24-13)19-5-17(21-11-22-19)26-7-15-9-27(10-16(15)8-26)18-6-20(29)25(3)12-23-18/h4-6,11-12,15-16H,7-10H2,1-3H3. The molecule has 0 saturated carbocycles. The van der Waals surface area contributed by atoms with Gasteiger partial charge in [-0.15, -0.1) is 0 Å². The zero-order valence-corrected chi connectivity index (χ0v) is 16.9. The van der Waals surface area contributed by atoms with Gasteiger partial charge in [0.1, 0.15) is 18.0 Å². The molecule has 0 amide bonds. The second-order valence-corrected chi connectivity index (χ2v) is 8.10. The van der Waals surface area contributed by atoms with Crippen LogP contribution in [-0.4, -0.2) is 55.5 Å². The first kappa shape index (κ1) is 17.8. The third-order valence-electron chi connectivity index (χ3n) is 5.96. The summed E-state index contributed by atoms with van der Waals surface area (Å²) in [5.74, 6) is 3.59. The highest BCUT2D eigenvalue weighted by Crippen LogP contribution is 2.35. The van der Waals surface area contributed by atoms with E-state index in [0.29, 0.717) is 11.8 Å². The van der Waals surface area contributed by atoms with Crippen LogP contribution in [0.1, 0.15) is 11.4 Å². The van der Waals surface area contributed by atoms with Crippen LogP contribution >= 0.6 is 0 Å². The zero-order chi connectivity index (χ0) is 20.1. The number of fused-ring (bicyclic) bond motifs is 1. The van der Waals surface area contributed by atoms with Crippen molar-refractivity contribution in [2.45, 2.75) is 13.8 Å². The Hall–Kier alpha value is -3.23. The van der Waals surface area contributed by atoms with Gasteiger partial charge in [0, 0.05) is 62.9 Å². The molecule has 2 saturated heterocycles. The van der Waals surface area contributed by atoms with Crippen molar-refractivity contribution in [3.63, 3.8) is 0 Å². The SMILES string of the molecule is Cc1cc(C)n(-c2cc(N3CC4CN(c5cc(=O)n(C)cn5)CC4C3)ncn2)n1. The van der Waals surface area contributed by atoms with Crippen LogP contribution in [0.4, 0.5) is 11.6 Å². The third-order valence-corrected chi connectivity index (χ3v) is 5.96. The van der Waals surface area contributed by atoms with Crippen LogP contribution < -0.4 is 15.4 Å². The van der Waals surface area contributed by atoms with Gasteiger partial charge in [-0.25, -0.2) is 19.6 Å². The Bertz CT molecular complexity index is 1110. The molecule has 5 rings (SSSR count). The Morgan fingerprint density at radius 2 is 1.48 bits per heavy atom. The molecule has 2 fully saturated rings. The highest BCUT2D eigenvalue weighted by Gasteiger charge is 2.41. The lowest BCUT2D eigenvalue weighted by Crippen LogP contribution is -2.31. The molecule has 9 heteroatoms. The predicted molar refractivity (Wildman–Crippen MR) is 110 cm³/mol.